The molecule has 2 N–H and O–H groups in total. The van der Waals surface area contributed by atoms with E-state index >= 15 is 0 Å². The van der Waals surface area contributed by atoms with E-state index in [9.17, 15) is 13.6 Å². The van der Waals surface area contributed by atoms with Gasteiger partial charge in [-0.1, -0.05) is 18.2 Å². The lowest BCUT2D eigenvalue weighted by Crippen LogP contribution is -2.58. The molecule has 1 aliphatic heterocycles. The summed E-state index contributed by atoms with van der Waals surface area (Å²) in [5.41, 5.74) is 8.20. The van der Waals surface area contributed by atoms with Crippen LogP contribution in [0.4, 0.5) is 20.3 Å². The maximum absolute atomic E-state index is 14.4. The zero-order valence-corrected chi connectivity index (χ0v) is 17.8. The molecule has 33 heavy (non-hydrogen) atoms. The fourth-order valence-electron chi connectivity index (χ4n) is 3.86. The molecular weight excluding hydrogens is 428 g/mol. The highest BCUT2D eigenvalue weighted by Crippen LogP contribution is 2.37. The third kappa shape index (κ3) is 3.39. The number of halogens is 2. The number of anilines is 2. The standard InChI is InChI=1S/C23H19F2N7O/c1-23(2)12-31(22(23)33)15-6-3-5-13(9-15)14-10-16(20(26)27-11-14)21-28-29-30-32(21)18-8-4-7-17(24)19(18)25/h3-11H,12H2,1-2H3,(H2,26,27). The Hall–Kier alpha value is -4.21. The van der Waals surface area contributed by atoms with Crippen molar-refractivity contribution < 1.29 is 13.6 Å². The summed E-state index contributed by atoms with van der Waals surface area (Å²) < 4.78 is 29.2. The van der Waals surface area contributed by atoms with Gasteiger partial charge in [0.1, 0.15) is 11.5 Å². The van der Waals surface area contributed by atoms with Crippen molar-refractivity contribution in [2.45, 2.75) is 13.8 Å². The highest BCUT2D eigenvalue weighted by molar-refractivity contribution is 6.04. The summed E-state index contributed by atoms with van der Waals surface area (Å²) >= 11 is 0. The van der Waals surface area contributed by atoms with E-state index in [1.807, 2.05) is 38.1 Å². The second kappa shape index (κ2) is 7.44. The van der Waals surface area contributed by atoms with Crippen LogP contribution in [0, 0.1) is 17.0 Å². The number of hydrogen-bond donors (Lipinski definition) is 1. The summed E-state index contributed by atoms with van der Waals surface area (Å²) in [6.07, 6.45) is 1.59. The molecule has 1 fully saturated rings. The first-order valence-corrected chi connectivity index (χ1v) is 10.2. The number of rotatable bonds is 4. The van der Waals surface area contributed by atoms with Crippen molar-refractivity contribution in [3.8, 4) is 28.2 Å². The predicted molar refractivity (Wildman–Crippen MR) is 118 cm³/mol. The minimum atomic E-state index is -1.08. The summed E-state index contributed by atoms with van der Waals surface area (Å²) in [7, 11) is 0. The SMILES string of the molecule is CC1(C)CN(c2cccc(-c3cnc(N)c(-c4nnnn4-c4cccc(F)c4F)c3)c2)C1=O. The number of benzene rings is 2. The van der Waals surface area contributed by atoms with Gasteiger partial charge in [0.25, 0.3) is 0 Å². The number of carbonyl (C=O) groups excluding carboxylic acids is 1. The fraction of sp³-hybridized carbons (Fsp3) is 0.174. The van der Waals surface area contributed by atoms with Crippen molar-refractivity contribution in [3.63, 3.8) is 0 Å². The maximum atomic E-state index is 14.4. The molecule has 4 aromatic rings. The monoisotopic (exact) mass is 447 g/mol. The van der Waals surface area contributed by atoms with Gasteiger partial charge in [0.15, 0.2) is 17.5 Å². The number of hydrogen-bond acceptors (Lipinski definition) is 6. The number of nitrogens with two attached hydrogens (primary N) is 1. The minimum absolute atomic E-state index is 0.0621. The molecule has 0 atom stereocenters. The molecule has 0 unspecified atom stereocenters. The Morgan fingerprint density at radius 3 is 2.61 bits per heavy atom. The van der Waals surface area contributed by atoms with E-state index in [0.29, 0.717) is 17.7 Å². The zero-order chi connectivity index (χ0) is 23.3. The molecule has 0 spiro atoms. The zero-order valence-electron chi connectivity index (χ0n) is 17.8. The van der Waals surface area contributed by atoms with Crippen LogP contribution in [0.3, 0.4) is 0 Å². The molecule has 2 aromatic carbocycles. The topological polar surface area (TPSA) is 103 Å². The number of nitrogen functional groups attached to an aromatic ring is 1. The van der Waals surface area contributed by atoms with E-state index in [4.69, 9.17) is 5.73 Å². The Morgan fingerprint density at radius 2 is 1.85 bits per heavy atom. The van der Waals surface area contributed by atoms with E-state index < -0.39 is 11.6 Å². The molecule has 1 aliphatic rings. The Labute approximate surface area is 187 Å². The second-order valence-corrected chi connectivity index (χ2v) is 8.47. The molecule has 1 amide bonds. The quantitative estimate of drug-likeness (QED) is 0.480. The van der Waals surface area contributed by atoms with Crippen LogP contribution in [0.25, 0.3) is 28.2 Å². The van der Waals surface area contributed by atoms with Crippen LogP contribution in [-0.4, -0.2) is 37.6 Å². The Kier molecular flexibility index (Phi) is 4.66. The number of tetrazole rings is 1. The number of β-lactam (4-membered cyclic amide) rings is 1. The summed E-state index contributed by atoms with van der Waals surface area (Å²) in [5.74, 6) is -1.80. The average molecular weight is 447 g/mol. The largest absolute Gasteiger partial charge is 0.383 e. The van der Waals surface area contributed by atoms with Crippen LogP contribution in [0.5, 0.6) is 0 Å². The van der Waals surface area contributed by atoms with Crippen LogP contribution in [0.1, 0.15) is 13.8 Å². The molecule has 166 valence electrons. The highest BCUT2D eigenvalue weighted by atomic mass is 19.2. The Bertz CT molecular complexity index is 1400. The van der Waals surface area contributed by atoms with Gasteiger partial charge in [-0.15, -0.1) is 5.10 Å². The lowest BCUT2D eigenvalue weighted by atomic mass is 9.82. The Balaban J connectivity index is 1.55. The summed E-state index contributed by atoms with van der Waals surface area (Å²) in [4.78, 5) is 18.4. The molecule has 1 saturated heterocycles. The lowest BCUT2D eigenvalue weighted by molar-refractivity contribution is -0.132. The maximum Gasteiger partial charge on any atom is 0.234 e. The van der Waals surface area contributed by atoms with Crippen LogP contribution < -0.4 is 10.6 Å². The van der Waals surface area contributed by atoms with Gasteiger partial charge in [-0.3, -0.25) is 4.79 Å². The normalized spacial score (nSPS) is 14.9. The van der Waals surface area contributed by atoms with Crippen molar-refractivity contribution in [2.75, 3.05) is 17.2 Å². The van der Waals surface area contributed by atoms with Crippen molar-refractivity contribution >= 4 is 17.4 Å². The number of aromatic nitrogens is 5. The lowest BCUT2D eigenvalue weighted by Gasteiger charge is -2.44. The first-order chi connectivity index (χ1) is 15.8. The van der Waals surface area contributed by atoms with E-state index in [1.165, 1.54) is 12.1 Å². The van der Waals surface area contributed by atoms with E-state index in [0.717, 1.165) is 22.0 Å². The van der Waals surface area contributed by atoms with Gasteiger partial charge in [0, 0.05) is 24.0 Å². The number of amides is 1. The second-order valence-electron chi connectivity index (χ2n) is 8.47. The molecule has 2 aromatic heterocycles. The fourth-order valence-corrected chi connectivity index (χ4v) is 3.86. The molecule has 0 aliphatic carbocycles. The van der Waals surface area contributed by atoms with E-state index in [1.54, 1.807) is 17.2 Å². The first-order valence-electron chi connectivity index (χ1n) is 10.2. The van der Waals surface area contributed by atoms with Gasteiger partial charge in [-0.25, -0.2) is 13.8 Å². The van der Waals surface area contributed by atoms with Crippen LogP contribution in [0.2, 0.25) is 0 Å². The molecule has 10 heteroatoms. The highest BCUT2D eigenvalue weighted by Gasteiger charge is 2.44. The van der Waals surface area contributed by atoms with Gasteiger partial charge in [0.2, 0.25) is 5.91 Å². The molecule has 0 saturated carbocycles. The van der Waals surface area contributed by atoms with Crippen LogP contribution in [-0.2, 0) is 4.79 Å². The van der Waals surface area contributed by atoms with E-state index in [2.05, 4.69) is 20.5 Å². The van der Waals surface area contributed by atoms with Gasteiger partial charge in [0.05, 0.1) is 11.0 Å². The molecule has 8 nitrogen and oxygen atoms in total. The third-order valence-electron chi connectivity index (χ3n) is 5.66. The Morgan fingerprint density at radius 1 is 1.06 bits per heavy atom. The smallest absolute Gasteiger partial charge is 0.234 e. The summed E-state index contributed by atoms with van der Waals surface area (Å²) in [6.45, 7) is 4.46. The van der Waals surface area contributed by atoms with Crippen LogP contribution in [0.15, 0.2) is 54.7 Å². The predicted octanol–water partition coefficient (Wildman–Crippen LogP) is 3.62. The average Bonchev–Trinajstić information content (AvgIpc) is 3.29. The van der Waals surface area contributed by atoms with Crippen LogP contribution >= 0.6 is 0 Å². The number of pyridine rings is 1. The van der Waals surface area contributed by atoms with Gasteiger partial charge in [-0.05, 0) is 60.2 Å². The van der Waals surface area contributed by atoms with Gasteiger partial charge < -0.3 is 10.6 Å². The molecular formula is C23H19F2N7O. The first kappa shape index (κ1) is 20.7. The molecule has 0 bridgehead atoms. The van der Waals surface area contributed by atoms with Crippen molar-refractivity contribution in [1.29, 1.82) is 0 Å². The molecule has 5 rings (SSSR count). The molecule has 3 heterocycles. The molecule has 0 radical (unpaired) electrons. The van der Waals surface area contributed by atoms with Crippen molar-refractivity contribution in [1.82, 2.24) is 25.2 Å². The number of carbonyl (C=O) groups is 1. The van der Waals surface area contributed by atoms with Crippen molar-refractivity contribution in [2.24, 2.45) is 5.41 Å². The van der Waals surface area contributed by atoms with Gasteiger partial charge >= 0.3 is 0 Å². The van der Waals surface area contributed by atoms with Gasteiger partial charge in [-0.2, -0.15) is 4.68 Å². The summed E-state index contributed by atoms with van der Waals surface area (Å²) in [6, 6.07) is 13.0. The minimum Gasteiger partial charge on any atom is -0.383 e. The third-order valence-corrected chi connectivity index (χ3v) is 5.66. The summed E-state index contributed by atoms with van der Waals surface area (Å²) in [5, 5.41) is 11.4. The van der Waals surface area contributed by atoms with E-state index in [-0.39, 0.29) is 28.7 Å². The number of nitrogens with zero attached hydrogens (tertiary/aromatic N) is 6. The van der Waals surface area contributed by atoms with Crippen molar-refractivity contribution in [3.05, 3.63) is 66.4 Å².